The smallest absolute Gasteiger partial charge is 0.257 e. The number of aliphatic hydroxyl groups is 1. The summed E-state index contributed by atoms with van der Waals surface area (Å²) in [6.07, 6.45) is 0.835. The fourth-order valence-corrected chi connectivity index (χ4v) is 4.28. The van der Waals surface area contributed by atoms with Crippen LogP contribution in [0.3, 0.4) is 0 Å². The van der Waals surface area contributed by atoms with Crippen LogP contribution in [0, 0.1) is 0 Å². The Balaban J connectivity index is 1.50. The number of phenols is 1. The third-order valence-electron chi connectivity index (χ3n) is 6.08. The number of carbonyl (C=O) groups is 1. The Hall–Kier alpha value is -3.65. The van der Waals surface area contributed by atoms with Gasteiger partial charge in [-0.15, -0.1) is 0 Å². The number of aromatic hydroxyl groups is 1. The number of rotatable bonds is 8. The standard InChI is InChI=1S/C28H28ClN3O4/c1-31(17-26(34)20-6-10-22(33)11-7-20)15-19-5-12-25-23(13-19)27(35)24(16-32(25)2)28(36)30-14-18-3-8-21(29)9-4-18/h3-13,16,26,33-34H,14-15,17H2,1-2H3,(H,30,36). The zero-order valence-electron chi connectivity index (χ0n) is 20.1. The Labute approximate surface area is 214 Å². The number of benzene rings is 3. The number of pyridine rings is 1. The van der Waals surface area contributed by atoms with Gasteiger partial charge < -0.3 is 20.1 Å². The molecule has 4 aromatic rings. The molecule has 0 aliphatic carbocycles. The van der Waals surface area contributed by atoms with Gasteiger partial charge in [-0.3, -0.25) is 14.5 Å². The van der Waals surface area contributed by atoms with Crippen molar-refractivity contribution in [3.05, 3.63) is 110 Å². The molecule has 0 fully saturated rings. The fraction of sp³-hybridized carbons (Fsp3) is 0.214. The summed E-state index contributed by atoms with van der Waals surface area (Å²) < 4.78 is 1.77. The third kappa shape index (κ3) is 5.94. The molecule has 1 heterocycles. The Morgan fingerprint density at radius 1 is 1.06 bits per heavy atom. The van der Waals surface area contributed by atoms with Gasteiger partial charge in [0.15, 0.2) is 0 Å². The molecular formula is C28H28ClN3O4. The first-order valence-electron chi connectivity index (χ1n) is 11.5. The van der Waals surface area contributed by atoms with Gasteiger partial charge in [-0.2, -0.15) is 0 Å². The van der Waals surface area contributed by atoms with Gasteiger partial charge in [0.25, 0.3) is 5.91 Å². The molecule has 0 aliphatic heterocycles. The van der Waals surface area contributed by atoms with E-state index in [1.54, 1.807) is 60.3 Å². The molecule has 36 heavy (non-hydrogen) atoms. The van der Waals surface area contributed by atoms with Crippen molar-refractivity contribution in [2.24, 2.45) is 7.05 Å². The molecule has 0 saturated heterocycles. The third-order valence-corrected chi connectivity index (χ3v) is 6.33. The molecule has 0 spiro atoms. The molecule has 0 radical (unpaired) electrons. The zero-order valence-corrected chi connectivity index (χ0v) is 20.9. The molecule has 0 bridgehead atoms. The first kappa shape index (κ1) is 25.4. The molecule has 0 saturated carbocycles. The number of aromatic nitrogens is 1. The first-order valence-corrected chi connectivity index (χ1v) is 11.9. The monoisotopic (exact) mass is 505 g/mol. The van der Waals surface area contributed by atoms with E-state index in [1.165, 1.54) is 0 Å². The highest BCUT2D eigenvalue weighted by molar-refractivity contribution is 6.30. The fourth-order valence-electron chi connectivity index (χ4n) is 4.15. The van der Waals surface area contributed by atoms with E-state index < -0.39 is 12.0 Å². The van der Waals surface area contributed by atoms with Crippen LogP contribution in [0.1, 0.15) is 33.2 Å². The summed E-state index contributed by atoms with van der Waals surface area (Å²) in [5.41, 5.74) is 2.95. The number of carbonyl (C=O) groups excluding carboxylic acids is 1. The maximum atomic E-state index is 13.2. The number of fused-ring (bicyclic) bond motifs is 1. The molecule has 1 amide bonds. The molecule has 8 heteroatoms. The van der Waals surface area contributed by atoms with Crippen molar-refractivity contribution in [1.29, 1.82) is 0 Å². The van der Waals surface area contributed by atoms with Crippen molar-refractivity contribution in [2.45, 2.75) is 19.2 Å². The highest BCUT2D eigenvalue weighted by Gasteiger charge is 2.16. The van der Waals surface area contributed by atoms with Crippen molar-refractivity contribution in [2.75, 3.05) is 13.6 Å². The largest absolute Gasteiger partial charge is 0.508 e. The molecule has 1 atom stereocenters. The molecule has 1 aromatic heterocycles. The number of nitrogens with one attached hydrogen (secondary N) is 1. The molecule has 0 aliphatic rings. The SMILES string of the molecule is CN(Cc1ccc2c(c1)c(=O)c(C(=O)NCc1ccc(Cl)cc1)cn2C)CC(O)c1ccc(O)cc1. The van der Waals surface area contributed by atoms with Crippen LogP contribution in [-0.4, -0.2) is 39.2 Å². The van der Waals surface area contributed by atoms with Crippen molar-refractivity contribution in [3.8, 4) is 5.75 Å². The van der Waals surface area contributed by atoms with Crippen molar-refractivity contribution >= 4 is 28.4 Å². The number of hydrogen-bond acceptors (Lipinski definition) is 5. The Bertz CT molecular complexity index is 1430. The van der Waals surface area contributed by atoms with E-state index in [-0.39, 0.29) is 23.3 Å². The first-order chi connectivity index (χ1) is 17.2. The number of nitrogens with zero attached hydrogens (tertiary/aromatic N) is 2. The van der Waals surface area contributed by atoms with E-state index in [1.807, 2.05) is 36.2 Å². The summed E-state index contributed by atoms with van der Waals surface area (Å²) in [6.45, 7) is 1.15. The summed E-state index contributed by atoms with van der Waals surface area (Å²) in [4.78, 5) is 28.0. The molecule has 3 aromatic carbocycles. The summed E-state index contributed by atoms with van der Waals surface area (Å²) in [6, 6.07) is 19.2. The van der Waals surface area contributed by atoms with E-state index >= 15 is 0 Å². The van der Waals surface area contributed by atoms with Crippen LogP contribution in [0.25, 0.3) is 10.9 Å². The number of halogens is 1. The lowest BCUT2D eigenvalue weighted by atomic mass is 10.1. The topological polar surface area (TPSA) is 94.8 Å². The second-order valence-corrected chi connectivity index (χ2v) is 9.38. The highest BCUT2D eigenvalue weighted by Crippen LogP contribution is 2.19. The number of amides is 1. The van der Waals surface area contributed by atoms with Crippen molar-refractivity contribution in [3.63, 3.8) is 0 Å². The van der Waals surface area contributed by atoms with E-state index in [4.69, 9.17) is 11.6 Å². The minimum absolute atomic E-state index is 0.0761. The quantitative estimate of drug-likeness (QED) is 0.336. The summed E-state index contributed by atoms with van der Waals surface area (Å²) >= 11 is 5.91. The van der Waals surface area contributed by atoms with Gasteiger partial charge in [-0.1, -0.05) is 41.9 Å². The molecule has 4 rings (SSSR count). The van der Waals surface area contributed by atoms with Gasteiger partial charge in [-0.25, -0.2) is 0 Å². The lowest BCUT2D eigenvalue weighted by Crippen LogP contribution is -2.29. The van der Waals surface area contributed by atoms with Crippen LogP contribution in [0.5, 0.6) is 5.75 Å². The number of likely N-dealkylation sites (N-methyl/N-ethyl adjacent to an activating group) is 1. The van der Waals surface area contributed by atoms with Crippen LogP contribution in [0.4, 0.5) is 0 Å². The summed E-state index contributed by atoms with van der Waals surface area (Å²) in [7, 11) is 3.68. The molecular weight excluding hydrogens is 478 g/mol. The second kappa shape index (κ2) is 11.0. The van der Waals surface area contributed by atoms with E-state index in [2.05, 4.69) is 5.32 Å². The predicted molar refractivity (Wildman–Crippen MR) is 141 cm³/mol. The lowest BCUT2D eigenvalue weighted by Gasteiger charge is -2.21. The molecule has 3 N–H and O–H groups in total. The van der Waals surface area contributed by atoms with Crippen LogP contribution in [-0.2, 0) is 20.1 Å². The van der Waals surface area contributed by atoms with E-state index in [9.17, 15) is 19.8 Å². The molecule has 1 unspecified atom stereocenters. The van der Waals surface area contributed by atoms with Crippen LogP contribution >= 0.6 is 11.6 Å². The normalized spacial score (nSPS) is 12.1. The van der Waals surface area contributed by atoms with Crippen LogP contribution in [0.15, 0.2) is 77.7 Å². The Morgan fingerprint density at radius 3 is 2.42 bits per heavy atom. The average Bonchev–Trinajstić information content (AvgIpc) is 2.86. The Kier molecular flexibility index (Phi) is 7.74. The van der Waals surface area contributed by atoms with Gasteiger partial charge in [0.05, 0.1) is 11.6 Å². The number of aliphatic hydroxyl groups excluding tert-OH is 1. The van der Waals surface area contributed by atoms with E-state index in [0.29, 0.717) is 29.1 Å². The minimum atomic E-state index is -0.722. The van der Waals surface area contributed by atoms with Crippen molar-refractivity contribution in [1.82, 2.24) is 14.8 Å². The van der Waals surface area contributed by atoms with Crippen molar-refractivity contribution < 1.29 is 15.0 Å². The molecule has 7 nitrogen and oxygen atoms in total. The molecule has 186 valence electrons. The summed E-state index contributed by atoms with van der Waals surface area (Å²) in [5.74, 6) is -0.290. The number of phenolic OH excluding ortho intramolecular Hbond substituents is 1. The van der Waals surface area contributed by atoms with Gasteiger partial charge in [0, 0.05) is 43.3 Å². The minimum Gasteiger partial charge on any atom is -0.508 e. The second-order valence-electron chi connectivity index (χ2n) is 8.95. The van der Waals surface area contributed by atoms with Gasteiger partial charge in [-0.05, 0) is 60.1 Å². The lowest BCUT2D eigenvalue weighted by molar-refractivity contribution is 0.0949. The zero-order chi connectivity index (χ0) is 25.8. The van der Waals surface area contributed by atoms with Gasteiger partial charge in [0.2, 0.25) is 5.43 Å². The maximum Gasteiger partial charge on any atom is 0.257 e. The van der Waals surface area contributed by atoms with Gasteiger partial charge >= 0.3 is 0 Å². The highest BCUT2D eigenvalue weighted by atomic mass is 35.5. The van der Waals surface area contributed by atoms with Crippen LogP contribution < -0.4 is 10.7 Å². The number of hydrogen-bond donors (Lipinski definition) is 3. The maximum absolute atomic E-state index is 13.2. The predicted octanol–water partition coefficient (Wildman–Crippen LogP) is 3.99. The van der Waals surface area contributed by atoms with E-state index in [0.717, 1.165) is 16.6 Å². The van der Waals surface area contributed by atoms with Gasteiger partial charge in [0.1, 0.15) is 11.3 Å². The summed E-state index contributed by atoms with van der Waals surface area (Å²) in [5, 5.41) is 23.9. The van der Waals surface area contributed by atoms with Crippen LogP contribution in [0.2, 0.25) is 5.02 Å². The average molecular weight is 506 g/mol. The Morgan fingerprint density at radius 2 is 1.72 bits per heavy atom. The number of aryl methyl sites for hydroxylation is 1.